The van der Waals surface area contributed by atoms with Crippen LogP contribution in [0.1, 0.15) is 27.7 Å². The number of benzene rings is 1. The molecule has 1 aliphatic heterocycles. The average Bonchev–Trinajstić information content (AvgIpc) is 2.60. The van der Waals surface area contributed by atoms with E-state index in [2.05, 4.69) is 0 Å². The van der Waals surface area contributed by atoms with Crippen LogP contribution in [-0.4, -0.2) is 24.9 Å². The predicted octanol–water partition coefficient (Wildman–Crippen LogP) is 2.68. The molecule has 1 aliphatic rings. The van der Waals surface area contributed by atoms with Crippen LogP contribution < -0.4 is 10.2 Å². The van der Waals surface area contributed by atoms with Crippen LogP contribution in [-0.2, 0) is 9.31 Å². The average molecular weight is 312 g/mol. The molecule has 0 amide bonds. The van der Waals surface area contributed by atoms with E-state index >= 15 is 0 Å². The fraction of sp³-hybridized carbons (Fsp3) is 0.500. The Hall–Kier alpha value is -1.29. The summed E-state index contributed by atoms with van der Waals surface area (Å²) in [6.45, 7) is 7.37. The van der Waals surface area contributed by atoms with Crippen molar-refractivity contribution in [3.8, 4) is 11.8 Å². The van der Waals surface area contributed by atoms with Gasteiger partial charge in [-0.3, -0.25) is 0 Å². The number of nitrogens with zero attached hydrogens (tertiary/aromatic N) is 1. The van der Waals surface area contributed by atoms with Crippen LogP contribution in [0, 0.1) is 17.1 Å². The molecule has 0 radical (unpaired) electrons. The minimum atomic E-state index is -0.748. The summed E-state index contributed by atoms with van der Waals surface area (Å²) in [5.74, 6) is -0.791. The summed E-state index contributed by atoms with van der Waals surface area (Å²) in [5.41, 5.74) is -0.668. The van der Waals surface area contributed by atoms with Crippen molar-refractivity contribution in [1.82, 2.24) is 0 Å². The lowest BCUT2D eigenvalue weighted by Gasteiger charge is -2.32. The molecular weight excluding hydrogens is 295 g/mol. The van der Waals surface area contributed by atoms with Gasteiger partial charge in [-0.05, 0) is 33.8 Å². The van der Waals surface area contributed by atoms with Crippen LogP contribution in [0.25, 0.3) is 0 Å². The van der Waals surface area contributed by atoms with Crippen molar-refractivity contribution in [2.75, 3.05) is 6.61 Å². The Morgan fingerprint density at radius 1 is 1.29 bits per heavy atom. The minimum absolute atomic E-state index is 0.0678. The zero-order valence-electron chi connectivity index (χ0n) is 12.4. The van der Waals surface area contributed by atoms with Gasteiger partial charge in [-0.1, -0.05) is 17.7 Å². The van der Waals surface area contributed by atoms with E-state index in [-0.39, 0.29) is 17.4 Å². The molecule has 4 nitrogen and oxygen atoms in total. The van der Waals surface area contributed by atoms with Gasteiger partial charge in [-0.15, -0.1) is 0 Å². The second-order valence-corrected chi connectivity index (χ2v) is 6.19. The van der Waals surface area contributed by atoms with E-state index in [4.69, 9.17) is 30.9 Å². The smallest absolute Gasteiger partial charge is 0.476 e. The SMILES string of the molecule is CC1(C)OB(c2ccc(OCC#N)c(F)c2Cl)OC1(C)C. The largest absolute Gasteiger partial charge is 0.496 e. The topological polar surface area (TPSA) is 51.5 Å². The molecule has 1 fully saturated rings. The fourth-order valence-electron chi connectivity index (χ4n) is 1.92. The summed E-state index contributed by atoms with van der Waals surface area (Å²) in [6.07, 6.45) is 0. The molecule has 2 rings (SSSR count). The summed E-state index contributed by atoms with van der Waals surface area (Å²) >= 11 is 6.05. The summed E-state index contributed by atoms with van der Waals surface area (Å²) < 4.78 is 30.8. The Labute approximate surface area is 128 Å². The van der Waals surface area contributed by atoms with Crippen LogP contribution in [0.15, 0.2) is 12.1 Å². The Kier molecular flexibility index (Phi) is 4.20. The highest BCUT2D eigenvalue weighted by atomic mass is 35.5. The van der Waals surface area contributed by atoms with Crippen molar-refractivity contribution in [2.24, 2.45) is 0 Å². The molecule has 1 heterocycles. The lowest BCUT2D eigenvalue weighted by molar-refractivity contribution is 0.00578. The first-order valence-electron chi connectivity index (χ1n) is 6.53. The molecule has 1 saturated heterocycles. The van der Waals surface area contributed by atoms with Gasteiger partial charge in [0.2, 0.25) is 0 Å². The van der Waals surface area contributed by atoms with E-state index in [1.165, 1.54) is 6.07 Å². The van der Waals surface area contributed by atoms with Crippen molar-refractivity contribution >= 4 is 24.2 Å². The molecule has 0 unspecified atom stereocenters. The fourth-order valence-corrected chi connectivity index (χ4v) is 2.17. The number of nitriles is 1. The monoisotopic (exact) mass is 311 g/mol. The van der Waals surface area contributed by atoms with Gasteiger partial charge in [0.05, 0.1) is 16.2 Å². The van der Waals surface area contributed by atoms with Crippen molar-refractivity contribution in [2.45, 2.75) is 38.9 Å². The Balaban J connectivity index is 2.31. The van der Waals surface area contributed by atoms with E-state index in [1.807, 2.05) is 27.7 Å². The highest BCUT2D eigenvalue weighted by molar-refractivity contribution is 6.65. The first-order chi connectivity index (χ1) is 9.69. The van der Waals surface area contributed by atoms with Crippen molar-refractivity contribution in [3.05, 3.63) is 23.0 Å². The molecule has 0 atom stereocenters. The maximum atomic E-state index is 14.1. The molecule has 112 valence electrons. The van der Waals surface area contributed by atoms with E-state index in [1.54, 1.807) is 12.1 Å². The van der Waals surface area contributed by atoms with E-state index < -0.39 is 24.1 Å². The second kappa shape index (κ2) is 5.49. The van der Waals surface area contributed by atoms with E-state index in [0.29, 0.717) is 5.46 Å². The maximum absolute atomic E-state index is 14.1. The molecule has 0 aliphatic carbocycles. The van der Waals surface area contributed by atoms with Crippen LogP contribution >= 0.6 is 11.6 Å². The Morgan fingerprint density at radius 2 is 1.86 bits per heavy atom. The molecule has 0 spiro atoms. The molecule has 0 aromatic heterocycles. The van der Waals surface area contributed by atoms with E-state index in [0.717, 1.165) is 0 Å². The van der Waals surface area contributed by atoms with Crippen LogP contribution in [0.3, 0.4) is 0 Å². The molecular formula is C14H16BClFNO3. The molecule has 0 saturated carbocycles. The van der Waals surface area contributed by atoms with Gasteiger partial charge in [-0.2, -0.15) is 5.26 Å². The normalized spacial score (nSPS) is 19.4. The highest BCUT2D eigenvalue weighted by Gasteiger charge is 2.52. The van der Waals surface area contributed by atoms with Gasteiger partial charge in [0, 0.05) is 5.46 Å². The van der Waals surface area contributed by atoms with Crippen molar-refractivity contribution in [3.63, 3.8) is 0 Å². The lowest BCUT2D eigenvalue weighted by Crippen LogP contribution is -2.41. The Morgan fingerprint density at radius 3 is 2.38 bits per heavy atom. The number of halogens is 2. The number of hydrogen-bond donors (Lipinski definition) is 0. The summed E-state index contributed by atoms with van der Waals surface area (Å²) in [6, 6.07) is 4.77. The van der Waals surface area contributed by atoms with E-state index in [9.17, 15) is 4.39 Å². The third-order valence-electron chi connectivity index (χ3n) is 3.88. The minimum Gasteiger partial charge on any atom is -0.476 e. The number of rotatable bonds is 3. The summed E-state index contributed by atoms with van der Waals surface area (Å²) in [7, 11) is -0.748. The van der Waals surface area contributed by atoms with Crippen molar-refractivity contribution in [1.29, 1.82) is 5.26 Å². The number of ether oxygens (including phenoxy) is 1. The van der Waals surface area contributed by atoms with Gasteiger partial charge in [0.25, 0.3) is 0 Å². The maximum Gasteiger partial charge on any atom is 0.496 e. The zero-order valence-corrected chi connectivity index (χ0v) is 13.1. The molecule has 1 aromatic rings. The summed E-state index contributed by atoms with van der Waals surface area (Å²) in [5, 5.41) is 8.34. The molecule has 21 heavy (non-hydrogen) atoms. The standard InChI is InChI=1S/C14H16BClFNO3/c1-13(2)14(3,4)21-15(20-13)9-5-6-10(19-8-7-18)12(17)11(9)16/h5-6H,8H2,1-4H3. The van der Waals surface area contributed by atoms with Gasteiger partial charge < -0.3 is 14.0 Å². The quantitative estimate of drug-likeness (QED) is 0.805. The van der Waals surface area contributed by atoms with Crippen LogP contribution in [0.5, 0.6) is 5.75 Å². The molecule has 0 bridgehead atoms. The predicted molar refractivity (Wildman–Crippen MR) is 78.2 cm³/mol. The van der Waals surface area contributed by atoms with Crippen LogP contribution in [0.2, 0.25) is 5.02 Å². The van der Waals surface area contributed by atoms with Gasteiger partial charge in [0.15, 0.2) is 18.2 Å². The molecule has 0 N–H and O–H groups in total. The van der Waals surface area contributed by atoms with Gasteiger partial charge >= 0.3 is 7.12 Å². The first kappa shape index (κ1) is 16.1. The Bertz CT molecular complexity index is 585. The van der Waals surface area contributed by atoms with Gasteiger partial charge in [0.1, 0.15) is 6.07 Å². The number of hydrogen-bond acceptors (Lipinski definition) is 4. The van der Waals surface area contributed by atoms with Gasteiger partial charge in [-0.25, -0.2) is 4.39 Å². The van der Waals surface area contributed by atoms with Crippen molar-refractivity contribution < 1.29 is 18.4 Å². The highest BCUT2D eigenvalue weighted by Crippen LogP contribution is 2.37. The molecule has 7 heteroatoms. The first-order valence-corrected chi connectivity index (χ1v) is 6.90. The lowest BCUT2D eigenvalue weighted by atomic mass is 9.79. The zero-order chi connectivity index (χ0) is 15.8. The summed E-state index contributed by atoms with van der Waals surface area (Å²) in [4.78, 5) is 0. The molecule has 1 aromatic carbocycles. The third kappa shape index (κ3) is 2.87. The third-order valence-corrected chi connectivity index (χ3v) is 4.26. The van der Waals surface area contributed by atoms with Crippen LogP contribution in [0.4, 0.5) is 4.39 Å². The second-order valence-electron chi connectivity index (χ2n) is 5.82.